The summed E-state index contributed by atoms with van der Waals surface area (Å²) in [4.78, 5) is 0. The summed E-state index contributed by atoms with van der Waals surface area (Å²) in [6, 6.07) is 36.6. The van der Waals surface area contributed by atoms with E-state index in [2.05, 4.69) is 177 Å². The fourth-order valence-electron chi connectivity index (χ4n) is 6.61. The lowest BCUT2D eigenvalue weighted by Crippen LogP contribution is -2.45. The van der Waals surface area contributed by atoms with E-state index >= 15 is 0 Å². The van der Waals surface area contributed by atoms with Gasteiger partial charge in [0.1, 0.15) is 0 Å². The number of hydrogen-bond acceptors (Lipinski definition) is 2. The zero-order valence-electron chi connectivity index (χ0n) is 28.7. The molecule has 0 amide bonds. The van der Waals surface area contributed by atoms with Crippen LogP contribution in [0.4, 0.5) is 11.4 Å². The topological polar surface area (TPSA) is 24.1 Å². The van der Waals surface area contributed by atoms with Crippen LogP contribution in [0.2, 0.25) is 0 Å². The van der Waals surface area contributed by atoms with Gasteiger partial charge in [-0.2, -0.15) is 0 Å². The molecule has 234 valence electrons. The Hall–Kier alpha value is -3.09. The average molecular weight is 607 g/mol. The van der Waals surface area contributed by atoms with Crippen LogP contribution in [0.1, 0.15) is 115 Å². The van der Waals surface area contributed by atoms with Crippen LogP contribution >= 0.6 is 7.92 Å². The quantitative estimate of drug-likeness (QED) is 0.148. The summed E-state index contributed by atoms with van der Waals surface area (Å²) < 4.78 is 0. The predicted octanol–water partition coefficient (Wildman–Crippen LogP) is 11.0. The van der Waals surface area contributed by atoms with Gasteiger partial charge in [-0.15, -0.1) is 0 Å². The van der Waals surface area contributed by atoms with Gasteiger partial charge >= 0.3 is 0 Å². The minimum atomic E-state index is -0.710. The fourth-order valence-corrected chi connectivity index (χ4v) is 9.63. The molecule has 0 saturated heterocycles. The van der Waals surface area contributed by atoms with E-state index in [4.69, 9.17) is 0 Å². The van der Waals surface area contributed by atoms with Gasteiger partial charge in [0.25, 0.3) is 0 Å². The summed E-state index contributed by atoms with van der Waals surface area (Å²) in [5, 5.41) is 11.2. The van der Waals surface area contributed by atoms with Crippen molar-refractivity contribution in [3.8, 4) is 0 Å². The SMILES string of the molecule is CC(C)c1cccc(C(C)C)c1NC(C)C(C(C)Nc1c(C(C)C)cccc1C(C)C)P(c1ccccc1)c1ccccc1. The lowest BCUT2D eigenvalue weighted by Gasteiger charge is -2.40. The first-order chi connectivity index (χ1) is 21.0. The molecule has 0 aliphatic heterocycles. The molecule has 2 atom stereocenters. The summed E-state index contributed by atoms with van der Waals surface area (Å²) in [6.07, 6.45) is 0. The molecule has 0 radical (unpaired) electrons. The van der Waals surface area contributed by atoms with Crippen LogP contribution < -0.4 is 21.2 Å². The zero-order valence-corrected chi connectivity index (χ0v) is 29.6. The maximum Gasteiger partial charge on any atom is 0.0412 e. The largest absolute Gasteiger partial charge is 0.381 e. The molecule has 2 unspecified atom stereocenters. The van der Waals surface area contributed by atoms with Crippen molar-refractivity contribution in [2.75, 3.05) is 10.6 Å². The average Bonchev–Trinajstić information content (AvgIpc) is 3.00. The number of nitrogens with one attached hydrogen (secondary N) is 2. The van der Waals surface area contributed by atoms with Crippen LogP contribution in [0.25, 0.3) is 0 Å². The smallest absolute Gasteiger partial charge is 0.0412 e. The van der Waals surface area contributed by atoms with E-state index in [1.54, 1.807) is 0 Å². The van der Waals surface area contributed by atoms with Gasteiger partial charge in [-0.3, -0.25) is 0 Å². The summed E-state index contributed by atoms with van der Waals surface area (Å²) in [5.41, 5.74) is 8.55. The van der Waals surface area contributed by atoms with Crippen molar-refractivity contribution in [2.45, 2.75) is 111 Å². The Morgan fingerprint density at radius 2 is 0.682 bits per heavy atom. The Balaban J connectivity index is 1.89. The van der Waals surface area contributed by atoms with E-state index in [0.29, 0.717) is 29.3 Å². The molecule has 2 N–H and O–H groups in total. The highest BCUT2D eigenvalue weighted by atomic mass is 31.1. The van der Waals surface area contributed by atoms with Gasteiger partial charge in [0.05, 0.1) is 0 Å². The highest BCUT2D eigenvalue weighted by Crippen LogP contribution is 2.46. The number of benzene rings is 4. The molecule has 0 heterocycles. The first-order valence-electron chi connectivity index (χ1n) is 16.7. The third-order valence-electron chi connectivity index (χ3n) is 8.88. The lowest BCUT2D eigenvalue weighted by molar-refractivity contribution is 0.640. The molecule has 0 aliphatic carbocycles. The molecule has 0 bridgehead atoms. The van der Waals surface area contributed by atoms with Crippen LogP contribution in [-0.4, -0.2) is 17.7 Å². The van der Waals surface area contributed by atoms with E-state index in [0.717, 1.165) is 0 Å². The molecule has 44 heavy (non-hydrogen) atoms. The summed E-state index contributed by atoms with van der Waals surface area (Å²) >= 11 is 0. The van der Waals surface area contributed by atoms with E-state index in [9.17, 15) is 0 Å². The van der Waals surface area contributed by atoms with Crippen molar-refractivity contribution in [2.24, 2.45) is 0 Å². The number of para-hydroxylation sites is 2. The molecule has 4 aromatic carbocycles. The van der Waals surface area contributed by atoms with E-state index in [1.165, 1.54) is 44.2 Å². The van der Waals surface area contributed by atoms with Gasteiger partial charge in [-0.25, -0.2) is 0 Å². The van der Waals surface area contributed by atoms with Crippen LogP contribution in [0.5, 0.6) is 0 Å². The maximum absolute atomic E-state index is 4.18. The summed E-state index contributed by atoms with van der Waals surface area (Å²) in [6.45, 7) is 23.3. The van der Waals surface area contributed by atoms with E-state index < -0.39 is 7.92 Å². The minimum Gasteiger partial charge on any atom is -0.381 e. The van der Waals surface area contributed by atoms with Crippen molar-refractivity contribution < 1.29 is 0 Å². The second-order valence-corrected chi connectivity index (χ2v) is 16.0. The van der Waals surface area contributed by atoms with Gasteiger partial charge in [-0.05, 0) is 78.3 Å². The molecule has 4 aromatic rings. The molecular formula is C41H55N2P. The highest BCUT2D eigenvalue weighted by molar-refractivity contribution is 7.73. The summed E-state index contributed by atoms with van der Waals surface area (Å²) in [5.74, 6) is 1.75. The number of anilines is 2. The van der Waals surface area contributed by atoms with Gasteiger partial charge in [-0.1, -0.05) is 152 Å². The third kappa shape index (κ3) is 7.76. The van der Waals surface area contributed by atoms with Crippen LogP contribution in [0.3, 0.4) is 0 Å². The Labute approximate surface area is 269 Å². The van der Waals surface area contributed by atoms with Crippen molar-refractivity contribution in [1.29, 1.82) is 0 Å². The van der Waals surface area contributed by atoms with E-state index in [1.807, 2.05) is 0 Å². The summed E-state index contributed by atoms with van der Waals surface area (Å²) in [7, 11) is -0.710. The molecular weight excluding hydrogens is 551 g/mol. The van der Waals surface area contributed by atoms with Crippen LogP contribution in [0.15, 0.2) is 97.1 Å². The first-order valence-corrected chi connectivity index (χ1v) is 18.1. The van der Waals surface area contributed by atoms with E-state index in [-0.39, 0.29) is 12.1 Å². The molecule has 0 spiro atoms. The standard InChI is InChI=1S/C41H55N2P/c1-27(2)35-23-17-24-36(28(3)4)39(35)42-31(9)41(44(33-19-13-11-14-20-33)34-21-15-12-16-22-34)32(10)43-40-37(29(5)6)25-18-26-38(40)30(7)8/h11-32,41-43H,1-10H3. The molecule has 4 rings (SSSR count). The molecule has 0 aliphatic rings. The van der Waals surface area contributed by atoms with Crippen molar-refractivity contribution in [3.05, 3.63) is 119 Å². The second kappa shape index (κ2) is 15.3. The monoisotopic (exact) mass is 606 g/mol. The van der Waals surface area contributed by atoms with Crippen LogP contribution in [-0.2, 0) is 0 Å². The minimum absolute atomic E-state index is 0.204. The molecule has 0 fully saturated rings. The molecule has 3 heteroatoms. The fraction of sp³-hybridized carbons (Fsp3) is 0.415. The Morgan fingerprint density at radius 3 is 0.955 bits per heavy atom. The number of rotatable bonds is 13. The maximum atomic E-state index is 4.18. The Kier molecular flexibility index (Phi) is 11.7. The Morgan fingerprint density at radius 1 is 0.386 bits per heavy atom. The van der Waals surface area contributed by atoms with Gasteiger partial charge in [0.15, 0.2) is 0 Å². The Bertz CT molecular complexity index is 1300. The van der Waals surface area contributed by atoms with Crippen molar-refractivity contribution >= 4 is 29.9 Å². The zero-order chi connectivity index (χ0) is 32.0. The van der Waals surface area contributed by atoms with Crippen molar-refractivity contribution in [3.63, 3.8) is 0 Å². The van der Waals surface area contributed by atoms with Gasteiger partial charge in [0.2, 0.25) is 0 Å². The highest BCUT2D eigenvalue weighted by Gasteiger charge is 2.35. The van der Waals surface area contributed by atoms with Crippen molar-refractivity contribution in [1.82, 2.24) is 0 Å². The number of hydrogen-bond donors (Lipinski definition) is 2. The lowest BCUT2D eigenvalue weighted by atomic mass is 9.91. The molecule has 0 saturated carbocycles. The first kappa shape index (κ1) is 33.8. The van der Waals surface area contributed by atoms with Gasteiger partial charge < -0.3 is 10.6 Å². The molecule has 0 aromatic heterocycles. The third-order valence-corrected chi connectivity index (χ3v) is 12.1. The molecule has 2 nitrogen and oxygen atoms in total. The normalized spacial score (nSPS) is 14.0. The predicted molar refractivity (Wildman–Crippen MR) is 198 cm³/mol. The van der Waals surface area contributed by atoms with Crippen LogP contribution in [0, 0.1) is 0 Å². The van der Waals surface area contributed by atoms with Gasteiger partial charge in [0, 0.05) is 29.1 Å². The second-order valence-electron chi connectivity index (χ2n) is 13.6.